The van der Waals surface area contributed by atoms with Crippen LogP contribution in [0.2, 0.25) is 0 Å². The Hall–Kier alpha value is -0.610. The smallest absolute Gasteiger partial charge is 0.185 e. The maximum atomic E-state index is 4.78. The fourth-order valence-electron chi connectivity index (χ4n) is 2.42. The van der Waals surface area contributed by atoms with Crippen molar-refractivity contribution >= 4 is 16.5 Å². The molecule has 1 saturated carbocycles. The fourth-order valence-corrected chi connectivity index (χ4v) is 3.52. The summed E-state index contributed by atoms with van der Waals surface area (Å²) >= 11 is 1.87. The molecule has 0 saturated heterocycles. The summed E-state index contributed by atoms with van der Waals surface area (Å²) in [6, 6.07) is 0. The highest BCUT2D eigenvalue weighted by molar-refractivity contribution is 7.15. The van der Waals surface area contributed by atoms with Gasteiger partial charge in [-0.25, -0.2) is 4.98 Å². The molecule has 1 N–H and O–H groups in total. The summed E-state index contributed by atoms with van der Waals surface area (Å²) in [7, 11) is 0. The minimum absolute atomic E-state index is 0.908. The van der Waals surface area contributed by atoms with Crippen LogP contribution in [0.5, 0.6) is 0 Å². The van der Waals surface area contributed by atoms with Crippen molar-refractivity contribution in [3.05, 3.63) is 10.6 Å². The van der Waals surface area contributed by atoms with E-state index in [0.29, 0.717) is 0 Å². The molecule has 0 radical (unpaired) electrons. The van der Waals surface area contributed by atoms with Gasteiger partial charge in [0.05, 0.1) is 5.69 Å². The minimum Gasteiger partial charge on any atom is -0.348 e. The molecular weight excluding hydrogens is 254 g/mol. The molecule has 0 atom stereocenters. The molecule has 0 spiro atoms. The van der Waals surface area contributed by atoms with Crippen LogP contribution in [-0.4, -0.2) is 24.6 Å². The first-order chi connectivity index (χ1) is 9.24. The predicted molar refractivity (Wildman–Crippen MR) is 84.1 cm³/mol. The Bertz CT molecular complexity index is 385. The molecule has 1 aliphatic carbocycles. The Morgan fingerprint density at radius 3 is 2.74 bits per heavy atom. The number of aryl methyl sites for hydroxylation is 1. The summed E-state index contributed by atoms with van der Waals surface area (Å²) in [5.74, 6) is 0.908. The van der Waals surface area contributed by atoms with Crippen LogP contribution in [0.15, 0.2) is 0 Å². The van der Waals surface area contributed by atoms with E-state index < -0.39 is 0 Å². The van der Waals surface area contributed by atoms with E-state index in [2.05, 4.69) is 31.0 Å². The van der Waals surface area contributed by atoms with Crippen LogP contribution < -0.4 is 10.2 Å². The highest BCUT2D eigenvalue weighted by atomic mass is 32.1. The average molecular weight is 281 g/mol. The predicted octanol–water partition coefficient (Wildman–Crippen LogP) is 3.58. The minimum atomic E-state index is 0.908. The third-order valence-corrected chi connectivity index (χ3v) is 5.17. The molecule has 1 fully saturated rings. The maximum absolute atomic E-state index is 4.78. The van der Waals surface area contributed by atoms with Gasteiger partial charge in [-0.15, -0.1) is 11.3 Å². The zero-order chi connectivity index (χ0) is 13.7. The Labute approximate surface area is 121 Å². The van der Waals surface area contributed by atoms with Crippen molar-refractivity contribution in [2.24, 2.45) is 5.92 Å². The lowest BCUT2D eigenvalue weighted by Crippen LogP contribution is -2.32. The molecule has 19 heavy (non-hydrogen) atoms. The normalized spacial score (nSPS) is 15.5. The molecule has 0 amide bonds. The first-order valence-corrected chi connectivity index (χ1v) is 8.48. The van der Waals surface area contributed by atoms with Gasteiger partial charge in [0.25, 0.3) is 0 Å². The van der Waals surface area contributed by atoms with Crippen LogP contribution in [0.1, 0.15) is 50.1 Å². The largest absolute Gasteiger partial charge is 0.348 e. The van der Waals surface area contributed by atoms with Crippen LogP contribution in [-0.2, 0) is 6.54 Å². The summed E-state index contributed by atoms with van der Waals surface area (Å²) in [4.78, 5) is 8.64. The quantitative estimate of drug-likeness (QED) is 0.738. The SMILES string of the molecule is CCCNCc1sc(N(CC)CC2CCC2)nc1C. The molecule has 0 aliphatic heterocycles. The molecule has 0 bridgehead atoms. The molecule has 3 nitrogen and oxygen atoms in total. The number of nitrogens with zero attached hydrogens (tertiary/aromatic N) is 2. The van der Waals surface area contributed by atoms with Gasteiger partial charge >= 0.3 is 0 Å². The summed E-state index contributed by atoms with van der Waals surface area (Å²) in [5, 5.41) is 4.70. The van der Waals surface area contributed by atoms with Gasteiger partial charge in [0.15, 0.2) is 5.13 Å². The van der Waals surface area contributed by atoms with E-state index in [-0.39, 0.29) is 0 Å². The Kier molecular flexibility index (Phi) is 5.64. The van der Waals surface area contributed by atoms with Crippen molar-refractivity contribution in [3.63, 3.8) is 0 Å². The molecule has 0 unspecified atom stereocenters. The molecular formula is C15H27N3S. The second-order valence-corrected chi connectivity index (χ2v) is 6.58. The van der Waals surface area contributed by atoms with E-state index in [1.807, 2.05) is 11.3 Å². The number of nitrogens with one attached hydrogen (secondary N) is 1. The fraction of sp³-hybridized carbons (Fsp3) is 0.800. The monoisotopic (exact) mass is 281 g/mol. The molecule has 1 aromatic rings. The summed E-state index contributed by atoms with van der Waals surface area (Å²) in [6.07, 6.45) is 5.43. The van der Waals surface area contributed by atoms with E-state index >= 15 is 0 Å². The van der Waals surface area contributed by atoms with Crippen LogP contribution in [0.4, 0.5) is 5.13 Å². The number of hydrogen-bond donors (Lipinski definition) is 1. The highest BCUT2D eigenvalue weighted by Gasteiger charge is 2.22. The summed E-state index contributed by atoms with van der Waals surface area (Å²) in [6.45, 7) is 10.9. The van der Waals surface area contributed by atoms with Gasteiger partial charge in [0.1, 0.15) is 0 Å². The Morgan fingerprint density at radius 1 is 1.37 bits per heavy atom. The van der Waals surface area contributed by atoms with Gasteiger partial charge in [0.2, 0.25) is 0 Å². The van der Waals surface area contributed by atoms with Gasteiger partial charge in [-0.3, -0.25) is 0 Å². The third-order valence-electron chi connectivity index (χ3n) is 3.95. The molecule has 1 aromatic heterocycles. The summed E-state index contributed by atoms with van der Waals surface area (Å²) in [5.41, 5.74) is 1.20. The van der Waals surface area contributed by atoms with E-state index in [1.54, 1.807) is 0 Å². The molecule has 1 aliphatic rings. The van der Waals surface area contributed by atoms with Crippen molar-refractivity contribution in [2.45, 2.75) is 53.0 Å². The van der Waals surface area contributed by atoms with Crippen LogP contribution in [0.3, 0.4) is 0 Å². The van der Waals surface area contributed by atoms with E-state index in [4.69, 9.17) is 4.98 Å². The van der Waals surface area contributed by atoms with E-state index in [1.165, 1.54) is 47.9 Å². The highest BCUT2D eigenvalue weighted by Crippen LogP contribution is 2.31. The van der Waals surface area contributed by atoms with Crippen molar-refractivity contribution in [1.29, 1.82) is 0 Å². The topological polar surface area (TPSA) is 28.2 Å². The number of thiazole rings is 1. The molecule has 2 rings (SSSR count). The summed E-state index contributed by atoms with van der Waals surface area (Å²) < 4.78 is 0. The van der Waals surface area contributed by atoms with Crippen molar-refractivity contribution in [1.82, 2.24) is 10.3 Å². The van der Waals surface area contributed by atoms with Gasteiger partial charge in [0, 0.05) is 24.5 Å². The number of rotatable bonds is 8. The van der Waals surface area contributed by atoms with Crippen LogP contribution in [0.25, 0.3) is 0 Å². The number of aromatic nitrogens is 1. The average Bonchev–Trinajstić information content (AvgIpc) is 2.70. The lowest BCUT2D eigenvalue weighted by molar-refractivity contribution is 0.318. The lowest BCUT2D eigenvalue weighted by atomic mass is 9.85. The first kappa shape index (κ1) is 14.8. The molecule has 4 heteroatoms. The standard InChI is InChI=1S/C15H27N3S/c1-4-9-16-10-14-12(3)17-15(19-14)18(5-2)11-13-7-6-8-13/h13,16H,4-11H2,1-3H3. The Morgan fingerprint density at radius 2 is 2.16 bits per heavy atom. The first-order valence-electron chi connectivity index (χ1n) is 7.66. The maximum Gasteiger partial charge on any atom is 0.185 e. The molecule has 108 valence electrons. The van der Waals surface area contributed by atoms with Gasteiger partial charge < -0.3 is 10.2 Å². The molecule has 1 heterocycles. The van der Waals surface area contributed by atoms with Gasteiger partial charge in [-0.1, -0.05) is 13.3 Å². The Balaban J connectivity index is 1.95. The molecule has 0 aromatic carbocycles. The number of hydrogen-bond acceptors (Lipinski definition) is 4. The van der Waals surface area contributed by atoms with Crippen LogP contribution in [0, 0.1) is 12.8 Å². The van der Waals surface area contributed by atoms with Crippen LogP contribution >= 0.6 is 11.3 Å². The lowest BCUT2D eigenvalue weighted by Gasteiger charge is -2.31. The zero-order valence-corrected chi connectivity index (χ0v) is 13.4. The van der Waals surface area contributed by atoms with E-state index in [9.17, 15) is 0 Å². The van der Waals surface area contributed by atoms with Crippen molar-refractivity contribution in [2.75, 3.05) is 24.5 Å². The third kappa shape index (κ3) is 3.93. The van der Waals surface area contributed by atoms with E-state index in [0.717, 1.165) is 25.6 Å². The van der Waals surface area contributed by atoms with Gasteiger partial charge in [-0.2, -0.15) is 0 Å². The van der Waals surface area contributed by atoms with Crippen molar-refractivity contribution < 1.29 is 0 Å². The number of anilines is 1. The second-order valence-electron chi connectivity index (χ2n) is 5.52. The van der Waals surface area contributed by atoms with Crippen molar-refractivity contribution in [3.8, 4) is 0 Å². The van der Waals surface area contributed by atoms with Gasteiger partial charge in [-0.05, 0) is 45.6 Å². The zero-order valence-electron chi connectivity index (χ0n) is 12.5. The second kappa shape index (κ2) is 7.25.